The minimum Gasteiger partial charge on any atom is -0.461 e. The van der Waals surface area contributed by atoms with Gasteiger partial charge in [0.1, 0.15) is 11.7 Å². The minimum absolute atomic E-state index is 0.0232. The molecule has 2 aromatic heterocycles. The summed E-state index contributed by atoms with van der Waals surface area (Å²) in [5, 5.41) is 0. The molecular formula is C13H17BrN4O2. The van der Waals surface area contributed by atoms with Crippen molar-refractivity contribution in [1.82, 2.24) is 19.5 Å². The van der Waals surface area contributed by atoms with Gasteiger partial charge in [0, 0.05) is 6.61 Å². The molecule has 3 heterocycles. The number of hydrogen-bond acceptors (Lipinski definition) is 5. The van der Waals surface area contributed by atoms with E-state index in [-0.39, 0.29) is 12.3 Å². The molecule has 0 aliphatic carbocycles. The van der Waals surface area contributed by atoms with Crippen LogP contribution in [-0.4, -0.2) is 32.2 Å². The molecule has 0 radical (unpaired) electrons. The van der Waals surface area contributed by atoms with Crippen molar-refractivity contribution >= 4 is 27.1 Å². The molecule has 1 aliphatic rings. The van der Waals surface area contributed by atoms with Crippen molar-refractivity contribution in [3.8, 4) is 6.01 Å². The summed E-state index contributed by atoms with van der Waals surface area (Å²) < 4.78 is 14.1. The van der Waals surface area contributed by atoms with Crippen LogP contribution in [0.2, 0.25) is 0 Å². The second-order valence-electron chi connectivity index (χ2n) is 5.10. The molecule has 2 aromatic rings. The SMILES string of the molecule is CC(C)Oc1ncc2nc(Br)n(C3CCCCO3)c2n1. The fraction of sp³-hybridized carbons (Fsp3) is 0.615. The molecule has 0 amide bonds. The maximum atomic E-state index is 5.82. The second kappa shape index (κ2) is 5.65. The third kappa shape index (κ3) is 2.64. The van der Waals surface area contributed by atoms with Crippen LogP contribution in [0.15, 0.2) is 10.9 Å². The Bertz CT molecular complexity index is 608. The molecule has 3 rings (SSSR count). The van der Waals surface area contributed by atoms with Gasteiger partial charge >= 0.3 is 6.01 Å². The molecule has 1 fully saturated rings. The lowest BCUT2D eigenvalue weighted by Gasteiger charge is -2.24. The Morgan fingerprint density at radius 1 is 1.40 bits per heavy atom. The Hall–Kier alpha value is -1.21. The van der Waals surface area contributed by atoms with E-state index in [4.69, 9.17) is 9.47 Å². The summed E-state index contributed by atoms with van der Waals surface area (Å²) in [7, 11) is 0. The molecule has 6 nitrogen and oxygen atoms in total. The fourth-order valence-electron chi connectivity index (χ4n) is 2.30. The van der Waals surface area contributed by atoms with E-state index in [0.29, 0.717) is 6.01 Å². The van der Waals surface area contributed by atoms with E-state index in [0.717, 1.165) is 41.8 Å². The Balaban J connectivity index is 2.02. The Morgan fingerprint density at radius 3 is 2.95 bits per heavy atom. The van der Waals surface area contributed by atoms with Gasteiger partial charge in [-0.1, -0.05) is 0 Å². The summed E-state index contributed by atoms with van der Waals surface area (Å²) in [6.07, 6.45) is 4.93. The number of nitrogens with zero attached hydrogens (tertiary/aromatic N) is 4. The summed E-state index contributed by atoms with van der Waals surface area (Å²) >= 11 is 3.48. The molecule has 1 atom stereocenters. The second-order valence-corrected chi connectivity index (χ2v) is 5.81. The number of rotatable bonds is 3. The number of fused-ring (bicyclic) bond motifs is 1. The van der Waals surface area contributed by atoms with E-state index in [1.54, 1.807) is 6.20 Å². The standard InChI is InChI=1S/C13H17BrN4O2/c1-8(2)20-13-15-7-9-11(17-13)18(12(14)16-9)10-5-3-4-6-19-10/h7-8,10H,3-6H2,1-2H3. The van der Waals surface area contributed by atoms with Gasteiger partial charge in [-0.15, -0.1) is 0 Å². The summed E-state index contributed by atoms with van der Waals surface area (Å²) in [5.41, 5.74) is 1.48. The van der Waals surface area contributed by atoms with Crippen LogP contribution in [-0.2, 0) is 4.74 Å². The normalized spacial score (nSPS) is 19.7. The van der Waals surface area contributed by atoms with E-state index in [1.165, 1.54) is 0 Å². The first-order valence-corrected chi connectivity index (χ1v) is 7.63. The van der Waals surface area contributed by atoms with Crippen molar-refractivity contribution < 1.29 is 9.47 Å². The Labute approximate surface area is 125 Å². The number of imidazole rings is 1. The molecule has 0 N–H and O–H groups in total. The van der Waals surface area contributed by atoms with Gasteiger partial charge in [0.25, 0.3) is 0 Å². The lowest BCUT2D eigenvalue weighted by atomic mass is 10.2. The highest BCUT2D eigenvalue weighted by Gasteiger charge is 2.22. The molecule has 0 spiro atoms. The zero-order chi connectivity index (χ0) is 14.1. The molecule has 1 aliphatic heterocycles. The van der Waals surface area contributed by atoms with Gasteiger partial charge < -0.3 is 9.47 Å². The van der Waals surface area contributed by atoms with Crippen LogP contribution in [0.25, 0.3) is 11.2 Å². The Morgan fingerprint density at radius 2 is 2.25 bits per heavy atom. The molecule has 0 saturated carbocycles. The summed E-state index contributed by atoms with van der Waals surface area (Å²) in [5.74, 6) is 0. The van der Waals surface area contributed by atoms with Gasteiger partial charge in [-0.25, -0.2) is 9.97 Å². The Kier molecular flexibility index (Phi) is 3.89. The molecular weight excluding hydrogens is 324 g/mol. The van der Waals surface area contributed by atoms with Gasteiger partial charge in [0.05, 0.1) is 12.3 Å². The van der Waals surface area contributed by atoms with Gasteiger partial charge in [0.2, 0.25) is 0 Å². The van der Waals surface area contributed by atoms with Crippen molar-refractivity contribution in [1.29, 1.82) is 0 Å². The fourth-order valence-corrected chi connectivity index (χ4v) is 2.89. The molecule has 108 valence electrons. The molecule has 1 unspecified atom stereocenters. The first kappa shape index (κ1) is 13.8. The summed E-state index contributed by atoms with van der Waals surface area (Å²) in [6.45, 7) is 4.67. The van der Waals surface area contributed by atoms with Crippen LogP contribution in [0.4, 0.5) is 0 Å². The van der Waals surface area contributed by atoms with Crippen LogP contribution in [0, 0.1) is 0 Å². The first-order valence-electron chi connectivity index (χ1n) is 6.84. The van der Waals surface area contributed by atoms with Gasteiger partial charge in [-0.3, -0.25) is 4.57 Å². The van der Waals surface area contributed by atoms with Crippen molar-refractivity contribution in [2.75, 3.05) is 6.61 Å². The molecule has 0 bridgehead atoms. The lowest BCUT2D eigenvalue weighted by Crippen LogP contribution is -2.19. The summed E-state index contributed by atoms with van der Waals surface area (Å²) in [4.78, 5) is 13.1. The largest absolute Gasteiger partial charge is 0.461 e. The van der Waals surface area contributed by atoms with E-state index in [9.17, 15) is 0 Å². The smallest absolute Gasteiger partial charge is 0.318 e. The third-order valence-electron chi connectivity index (χ3n) is 3.15. The van der Waals surface area contributed by atoms with Crippen LogP contribution < -0.4 is 4.74 Å². The number of halogens is 1. The molecule has 7 heteroatoms. The monoisotopic (exact) mass is 340 g/mol. The molecule has 1 saturated heterocycles. The van der Waals surface area contributed by atoms with Gasteiger partial charge in [-0.05, 0) is 49.0 Å². The predicted octanol–water partition coefficient (Wildman–Crippen LogP) is 3.08. The van der Waals surface area contributed by atoms with Crippen LogP contribution in [0.1, 0.15) is 39.3 Å². The van der Waals surface area contributed by atoms with Crippen molar-refractivity contribution in [2.24, 2.45) is 0 Å². The third-order valence-corrected chi connectivity index (χ3v) is 3.71. The lowest BCUT2D eigenvalue weighted by molar-refractivity contribution is -0.0311. The zero-order valence-corrected chi connectivity index (χ0v) is 13.1. The van der Waals surface area contributed by atoms with Crippen LogP contribution >= 0.6 is 15.9 Å². The highest BCUT2D eigenvalue weighted by molar-refractivity contribution is 9.10. The average molecular weight is 341 g/mol. The topological polar surface area (TPSA) is 62.1 Å². The van der Waals surface area contributed by atoms with E-state index in [1.807, 2.05) is 18.4 Å². The van der Waals surface area contributed by atoms with E-state index >= 15 is 0 Å². The molecule has 0 aromatic carbocycles. The number of hydrogen-bond donors (Lipinski definition) is 0. The van der Waals surface area contributed by atoms with Crippen molar-refractivity contribution in [3.05, 3.63) is 10.9 Å². The maximum Gasteiger partial charge on any atom is 0.318 e. The number of ether oxygens (including phenoxy) is 2. The van der Waals surface area contributed by atoms with Crippen LogP contribution in [0.3, 0.4) is 0 Å². The quantitative estimate of drug-likeness (QED) is 0.803. The van der Waals surface area contributed by atoms with Crippen LogP contribution in [0.5, 0.6) is 6.01 Å². The van der Waals surface area contributed by atoms with E-state index < -0.39 is 0 Å². The number of aromatic nitrogens is 4. The zero-order valence-electron chi connectivity index (χ0n) is 11.5. The summed E-state index contributed by atoms with van der Waals surface area (Å²) in [6, 6.07) is 0.372. The minimum atomic E-state index is -0.0232. The van der Waals surface area contributed by atoms with Crippen molar-refractivity contribution in [3.63, 3.8) is 0 Å². The van der Waals surface area contributed by atoms with Gasteiger partial charge in [0.15, 0.2) is 10.4 Å². The van der Waals surface area contributed by atoms with Gasteiger partial charge in [-0.2, -0.15) is 4.98 Å². The average Bonchev–Trinajstić information content (AvgIpc) is 2.74. The first-order chi connectivity index (χ1) is 9.65. The maximum absolute atomic E-state index is 5.82. The molecule has 20 heavy (non-hydrogen) atoms. The predicted molar refractivity (Wildman–Crippen MR) is 77.6 cm³/mol. The van der Waals surface area contributed by atoms with Crippen molar-refractivity contribution in [2.45, 2.75) is 45.4 Å². The van der Waals surface area contributed by atoms with E-state index in [2.05, 4.69) is 30.9 Å². The highest BCUT2D eigenvalue weighted by Crippen LogP contribution is 2.30. The highest BCUT2D eigenvalue weighted by atomic mass is 79.9.